The van der Waals surface area contributed by atoms with Crippen molar-refractivity contribution in [1.29, 1.82) is 0 Å². The molecule has 2 fully saturated rings. The molecule has 1 saturated heterocycles. The maximum Gasteiger partial charge on any atom is 0.327 e. The van der Waals surface area contributed by atoms with Gasteiger partial charge in [-0.1, -0.05) is 12.1 Å². The number of hydrogen-bond acceptors (Lipinski definition) is 7. The van der Waals surface area contributed by atoms with Crippen molar-refractivity contribution in [3.05, 3.63) is 54.2 Å². The molecule has 1 aliphatic carbocycles. The molecule has 1 unspecified atom stereocenters. The van der Waals surface area contributed by atoms with Gasteiger partial charge in [0.25, 0.3) is 0 Å². The Balaban J connectivity index is 1.21. The van der Waals surface area contributed by atoms with E-state index < -0.39 is 19.4 Å². The fourth-order valence-electron chi connectivity index (χ4n) is 5.43. The van der Waals surface area contributed by atoms with E-state index in [9.17, 15) is 4.21 Å². The van der Waals surface area contributed by atoms with Crippen molar-refractivity contribution in [2.45, 2.75) is 55.3 Å². The standard InChI is InChI=1S/C29H34N3O5PS/c1-19-16-25-27-24(20-4-2-5-23(17-20)39(35)22-6-7-22)8-9-26(28(27)31-29(25)30-18-19)36-15-3-12-32-13-10-21(11-14-32)37-38(33)34/h2,4-5,8-9,16-18,21-22,33-34H,3,6-7,10-15H2,1H3,(H,30,31). The lowest BCUT2D eigenvalue weighted by Crippen LogP contribution is -2.37. The van der Waals surface area contributed by atoms with Gasteiger partial charge in [0.1, 0.15) is 11.4 Å². The second-order valence-electron chi connectivity index (χ2n) is 10.5. The molecule has 0 bridgehead atoms. The molecule has 3 heterocycles. The monoisotopic (exact) mass is 567 g/mol. The predicted molar refractivity (Wildman–Crippen MR) is 155 cm³/mol. The average molecular weight is 568 g/mol. The Labute approximate surface area is 231 Å². The van der Waals surface area contributed by atoms with Crippen LogP contribution >= 0.6 is 8.60 Å². The third-order valence-electron chi connectivity index (χ3n) is 7.56. The third-order valence-corrected chi connectivity index (χ3v) is 9.85. The summed E-state index contributed by atoms with van der Waals surface area (Å²) in [5.74, 6) is 0.800. The Morgan fingerprint density at radius 2 is 1.95 bits per heavy atom. The van der Waals surface area contributed by atoms with E-state index in [1.165, 1.54) is 0 Å². The largest absolute Gasteiger partial charge is 0.491 e. The Morgan fingerprint density at radius 3 is 2.72 bits per heavy atom. The first-order chi connectivity index (χ1) is 19.0. The van der Waals surface area contributed by atoms with Crippen molar-refractivity contribution < 1.29 is 23.3 Å². The highest BCUT2D eigenvalue weighted by Gasteiger charge is 2.29. The third kappa shape index (κ3) is 6.04. The molecule has 0 amide bonds. The summed E-state index contributed by atoms with van der Waals surface area (Å²) in [6.07, 6.45) is 6.38. The molecule has 2 aromatic carbocycles. The Morgan fingerprint density at radius 1 is 1.13 bits per heavy atom. The minimum atomic E-state index is -2.28. The lowest BCUT2D eigenvalue weighted by Gasteiger charge is -2.31. The van der Waals surface area contributed by atoms with E-state index >= 15 is 0 Å². The number of piperidine rings is 1. The number of benzene rings is 2. The summed E-state index contributed by atoms with van der Waals surface area (Å²) in [7, 11) is -3.24. The van der Waals surface area contributed by atoms with Crippen LogP contribution in [0.3, 0.4) is 0 Å². The number of fused-ring (bicyclic) bond motifs is 3. The number of nitrogens with one attached hydrogen (secondary N) is 1. The summed E-state index contributed by atoms with van der Waals surface area (Å²) in [4.78, 5) is 29.6. The number of aromatic amines is 1. The number of nitrogens with zero attached hydrogens (tertiary/aromatic N) is 2. The molecule has 1 aliphatic heterocycles. The zero-order chi connectivity index (χ0) is 26.9. The first kappa shape index (κ1) is 26.8. The number of hydrogen-bond donors (Lipinski definition) is 3. The summed E-state index contributed by atoms with van der Waals surface area (Å²) < 4.78 is 24.4. The van der Waals surface area contributed by atoms with Crippen LogP contribution in [0, 0.1) is 6.92 Å². The van der Waals surface area contributed by atoms with Gasteiger partial charge in [-0.05, 0) is 86.1 Å². The van der Waals surface area contributed by atoms with Crippen LogP contribution in [0.4, 0.5) is 0 Å². The molecule has 4 aromatic rings. The molecule has 2 aliphatic rings. The predicted octanol–water partition coefficient (Wildman–Crippen LogP) is 5.42. The fraction of sp³-hybridized carbons (Fsp3) is 0.414. The van der Waals surface area contributed by atoms with Gasteiger partial charge in [0.05, 0.1) is 29.0 Å². The second kappa shape index (κ2) is 11.6. The molecular weight excluding hydrogens is 533 g/mol. The van der Waals surface area contributed by atoms with Gasteiger partial charge in [0, 0.05) is 46.7 Å². The smallest absolute Gasteiger partial charge is 0.327 e. The van der Waals surface area contributed by atoms with E-state index in [1.54, 1.807) is 0 Å². The van der Waals surface area contributed by atoms with Gasteiger partial charge in [-0.3, -0.25) is 4.21 Å². The first-order valence-corrected chi connectivity index (χ1v) is 16.0. The van der Waals surface area contributed by atoms with Crippen molar-refractivity contribution in [1.82, 2.24) is 14.9 Å². The summed E-state index contributed by atoms with van der Waals surface area (Å²) in [5.41, 5.74) is 4.96. The molecule has 10 heteroatoms. The molecular formula is C29H34N3O5PS. The number of H-pyrrole nitrogens is 1. The quantitative estimate of drug-likeness (QED) is 0.173. The van der Waals surface area contributed by atoms with Crippen molar-refractivity contribution >= 4 is 41.3 Å². The van der Waals surface area contributed by atoms with Gasteiger partial charge in [0.2, 0.25) is 0 Å². The normalized spacial score (nSPS) is 17.8. The number of pyridine rings is 1. The van der Waals surface area contributed by atoms with Gasteiger partial charge in [0.15, 0.2) is 0 Å². The van der Waals surface area contributed by atoms with E-state index in [2.05, 4.69) is 39.1 Å². The molecule has 1 atom stereocenters. The topological polar surface area (TPSA) is 108 Å². The van der Waals surface area contributed by atoms with Gasteiger partial charge in [-0.2, -0.15) is 0 Å². The van der Waals surface area contributed by atoms with Crippen LogP contribution < -0.4 is 4.74 Å². The van der Waals surface area contributed by atoms with E-state index in [0.29, 0.717) is 11.9 Å². The van der Waals surface area contributed by atoms with E-state index in [0.717, 1.165) is 101 Å². The number of aromatic nitrogens is 2. The van der Waals surface area contributed by atoms with E-state index in [4.69, 9.17) is 19.0 Å². The molecule has 0 spiro atoms. The summed E-state index contributed by atoms with van der Waals surface area (Å²) >= 11 is 0. The fourth-order valence-corrected chi connectivity index (χ4v) is 7.31. The zero-order valence-corrected chi connectivity index (χ0v) is 23.7. The number of aryl methyl sites for hydroxylation is 1. The molecule has 206 valence electrons. The van der Waals surface area contributed by atoms with Crippen LogP contribution in [0.5, 0.6) is 5.75 Å². The number of likely N-dealkylation sites (tertiary alicyclic amines) is 1. The highest BCUT2D eigenvalue weighted by Crippen LogP contribution is 2.40. The molecule has 6 rings (SSSR count). The van der Waals surface area contributed by atoms with E-state index in [1.807, 2.05) is 31.3 Å². The van der Waals surface area contributed by atoms with Crippen LogP contribution in [0.15, 0.2) is 53.6 Å². The van der Waals surface area contributed by atoms with Crippen LogP contribution in [-0.4, -0.2) is 66.5 Å². The molecule has 2 aromatic heterocycles. The van der Waals surface area contributed by atoms with Gasteiger partial charge >= 0.3 is 8.60 Å². The Bertz CT molecular complexity index is 1500. The highest BCUT2D eigenvalue weighted by atomic mass is 32.2. The Kier molecular flexibility index (Phi) is 7.98. The van der Waals surface area contributed by atoms with E-state index in [-0.39, 0.29) is 6.10 Å². The van der Waals surface area contributed by atoms with Crippen molar-refractivity contribution in [2.24, 2.45) is 0 Å². The maximum absolute atomic E-state index is 12.9. The molecule has 8 nitrogen and oxygen atoms in total. The number of ether oxygens (including phenoxy) is 1. The minimum Gasteiger partial charge on any atom is -0.491 e. The van der Waals surface area contributed by atoms with Crippen molar-refractivity contribution in [2.75, 3.05) is 26.2 Å². The van der Waals surface area contributed by atoms with Crippen LogP contribution in [0.2, 0.25) is 0 Å². The highest BCUT2D eigenvalue weighted by molar-refractivity contribution is 7.86. The summed E-state index contributed by atoms with van der Waals surface area (Å²) in [5, 5.41) is 2.42. The molecule has 0 radical (unpaired) electrons. The van der Waals surface area contributed by atoms with Gasteiger partial charge in [-0.15, -0.1) is 0 Å². The average Bonchev–Trinajstić information content (AvgIpc) is 3.72. The Hall–Kier alpha value is -2.39. The van der Waals surface area contributed by atoms with Crippen LogP contribution in [-0.2, 0) is 15.3 Å². The van der Waals surface area contributed by atoms with Crippen molar-refractivity contribution in [3.63, 3.8) is 0 Å². The lowest BCUT2D eigenvalue weighted by molar-refractivity contribution is 0.0864. The van der Waals surface area contributed by atoms with Gasteiger partial charge in [-0.25, -0.2) is 4.98 Å². The van der Waals surface area contributed by atoms with Crippen molar-refractivity contribution in [3.8, 4) is 16.9 Å². The lowest BCUT2D eigenvalue weighted by atomic mass is 9.99. The van der Waals surface area contributed by atoms with Crippen LogP contribution in [0.25, 0.3) is 33.1 Å². The summed E-state index contributed by atoms with van der Waals surface area (Å²) in [6, 6.07) is 14.4. The minimum absolute atomic E-state index is 0.0703. The molecule has 1 saturated carbocycles. The zero-order valence-electron chi connectivity index (χ0n) is 22.0. The maximum atomic E-state index is 12.9. The van der Waals surface area contributed by atoms with Crippen LogP contribution in [0.1, 0.15) is 37.7 Å². The molecule has 39 heavy (non-hydrogen) atoms. The SMILES string of the molecule is Cc1cnc2[nH]c3c(OCCCN4CCC(OP(O)O)CC4)ccc(-c4cccc(S(=O)C5CC5)c4)c3c2c1. The number of rotatable bonds is 10. The first-order valence-electron chi connectivity index (χ1n) is 13.6. The van der Waals surface area contributed by atoms with Gasteiger partial charge < -0.3 is 28.9 Å². The summed E-state index contributed by atoms with van der Waals surface area (Å²) in [6.45, 7) is 5.31. The molecule has 3 N–H and O–H groups in total. The second-order valence-corrected chi connectivity index (χ2v) is 13.0.